The van der Waals surface area contributed by atoms with Crippen LogP contribution in [0.4, 0.5) is 0 Å². The monoisotopic (exact) mass is 240 g/mol. The molecule has 0 saturated heterocycles. The Kier molecular flexibility index (Phi) is 4.96. The second-order valence-electron chi connectivity index (χ2n) is 4.21. The molecule has 1 aromatic rings. The van der Waals surface area contributed by atoms with Crippen LogP contribution in [0.15, 0.2) is 11.4 Å². The summed E-state index contributed by atoms with van der Waals surface area (Å²) < 4.78 is 0. The fraction of sp³-hybridized carbons (Fsp3) is 0.583. The van der Waals surface area contributed by atoms with Gasteiger partial charge in [-0.2, -0.15) is 0 Å². The molecule has 3 nitrogen and oxygen atoms in total. The second-order valence-corrected chi connectivity index (χ2v) is 5.21. The van der Waals surface area contributed by atoms with Crippen LogP contribution in [0.5, 0.6) is 0 Å². The van der Waals surface area contributed by atoms with E-state index in [1.807, 2.05) is 13.8 Å². The summed E-state index contributed by atoms with van der Waals surface area (Å²) in [5.74, 6) is 0.111. The summed E-state index contributed by atoms with van der Waals surface area (Å²) in [6.07, 6.45) is 1.00. The lowest BCUT2D eigenvalue weighted by molar-refractivity contribution is -0.123. The van der Waals surface area contributed by atoms with Crippen LogP contribution in [0.1, 0.15) is 31.2 Å². The first-order valence-electron chi connectivity index (χ1n) is 5.64. The average Bonchev–Trinajstić information content (AvgIpc) is 2.71. The molecule has 0 spiro atoms. The number of aryl methyl sites for hydroxylation is 1. The van der Waals surface area contributed by atoms with Crippen molar-refractivity contribution in [2.75, 3.05) is 0 Å². The number of carbonyl (C=O) groups is 1. The summed E-state index contributed by atoms with van der Waals surface area (Å²) in [6.45, 7) is 6.62. The minimum absolute atomic E-state index is 0.0644. The van der Waals surface area contributed by atoms with E-state index >= 15 is 0 Å². The highest BCUT2D eigenvalue weighted by Crippen LogP contribution is 2.16. The van der Waals surface area contributed by atoms with E-state index < -0.39 is 6.04 Å². The van der Waals surface area contributed by atoms with E-state index in [1.54, 1.807) is 11.3 Å². The number of hydrogen-bond donors (Lipinski definition) is 2. The lowest BCUT2D eigenvalue weighted by Gasteiger charge is -2.15. The quantitative estimate of drug-likeness (QED) is 0.826. The summed E-state index contributed by atoms with van der Waals surface area (Å²) in [5.41, 5.74) is 7.07. The van der Waals surface area contributed by atoms with Gasteiger partial charge in [0.25, 0.3) is 0 Å². The number of nitrogens with one attached hydrogen (secondary N) is 1. The van der Waals surface area contributed by atoms with Crippen molar-refractivity contribution in [3.63, 3.8) is 0 Å². The zero-order chi connectivity index (χ0) is 12.1. The molecule has 0 aliphatic heterocycles. The Morgan fingerprint density at radius 3 is 2.81 bits per heavy atom. The highest BCUT2D eigenvalue weighted by molar-refractivity contribution is 7.10. The third-order valence-electron chi connectivity index (χ3n) is 2.66. The summed E-state index contributed by atoms with van der Waals surface area (Å²) >= 11 is 1.68. The van der Waals surface area contributed by atoms with Crippen molar-refractivity contribution in [2.24, 2.45) is 11.7 Å². The smallest absolute Gasteiger partial charge is 0.237 e. The third-order valence-corrected chi connectivity index (χ3v) is 3.63. The normalized spacial score (nSPS) is 12.8. The summed E-state index contributed by atoms with van der Waals surface area (Å²) in [6, 6.07) is 1.69. The summed E-state index contributed by atoms with van der Waals surface area (Å²) in [7, 11) is 0. The average molecular weight is 240 g/mol. The molecule has 1 atom stereocenters. The standard InChI is InChI=1S/C12H20N2OS/c1-4-9-5-6-16-10(9)7-14-12(15)11(13)8(2)3/h5-6,8,11H,4,7,13H2,1-3H3,(H,14,15). The van der Waals surface area contributed by atoms with E-state index in [0.29, 0.717) is 6.54 Å². The van der Waals surface area contributed by atoms with E-state index in [0.717, 1.165) is 6.42 Å². The summed E-state index contributed by atoms with van der Waals surface area (Å²) in [4.78, 5) is 12.9. The molecule has 90 valence electrons. The van der Waals surface area contributed by atoms with E-state index in [4.69, 9.17) is 5.73 Å². The van der Waals surface area contributed by atoms with Crippen molar-refractivity contribution in [2.45, 2.75) is 39.8 Å². The molecule has 1 aromatic heterocycles. The second kappa shape index (κ2) is 6.01. The van der Waals surface area contributed by atoms with Gasteiger partial charge in [0.05, 0.1) is 12.6 Å². The number of rotatable bonds is 5. The molecule has 16 heavy (non-hydrogen) atoms. The van der Waals surface area contributed by atoms with Gasteiger partial charge in [0.15, 0.2) is 0 Å². The molecule has 1 heterocycles. The Hall–Kier alpha value is -0.870. The molecule has 0 aliphatic rings. The molecule has 0 saturated carbocycles. The van der Waals surface area contributed by atoms with Crippen molar-refractivity contribution in [1.82, 2.24) is 5.32 Å². The third kappa shape index (κ3) is 3.32. The molecular formula is C12H20N2OS. The maximum Gasteiger partial charge on any atom is 0.237 e. The summed E-state index contributed by atoms with van der Waals surface area (Å²) in [5, 5.41) is 4.95. The van der Waals surface area contributed by atoms with Crippen LogP contribution in [0.2, 0.25) is 0 Å². The predicted octanol–water partition coefficient (Wildman–Crippen LogP) is 1.91. The number of thiophene rings is 1. The molecule has 1 unspecified atom stereocenters. The van der Waals surface area contributed by atoms with Crippen LogP contribution in [0.3, 0.4) is 0 Å². The van der Waals surface area contributed by atoms with Gasteiger partial charge >= 0.3 is 0 Å². The Morgan fingerprint density at radius 1 is 1.56 bits per heavy atom. The zero-order valence-corrected chi connectivity index (χ0v) is 10.9. The number of nitrogens with two attached hydrogens (primary N) is 1. The first-order chi connectivity index (χ1) is 7.56. The fourth-order valence-corrected chi connectivity index (χ4v) is 2.34. The molecule has 3 N–H and O–H groups in total. The fourth-order valence-electron chi connectivity index (χ4n) is 1.43. The molecule has 0 aliphatic carbocycles. The lowest BCUT2D eigenvalue weighted by Crippen LogP contribution is -2.43. The Balaban J connectivity index is 2.49. The van der Waals surface area contributed by atoms with Crippen LogP contribution in [-0.4, -0.2) is 11.9 Å². The number of amides is 1. The van der Waals surface area contributed by atoms with Gasteiger partial charge in [-0.15, -0.1) is 11.3 Å². The molecule has 1 rings (SSSR count). The molecule has 0 fully saturated rings. The zero-order valence-electron chi connectivity index (χ0n) is 10.1. The number of hydrogen-bond acceptors (Lipinski definition) is 3. The van der Waals surface area contributed by atoms with Crippen molar-refractivity contribution in [3.8, 4) is 0 Å². The lowest BCUT2D eigenvalue weighted by atomic mass is 10.1. The number of carbonyl (C=O) groups excluding carboxylic acids is 1. The first kappa shape index (κ1) is 13.2. The SMILES string of the molecule is CCc1ccsc1CNC(=O)C(N)C(C)C. The van der Waals surface area contributed by atoms with Gasteiger partial charge in [-0.25, -0.2) is 0 Å². The predicted molar refractivity (Wildman–Crippen MR) is 68.4 cm³/mol. The minimum Gasteiger partial charge on any atom is -0.350 e. The van der Waals surface area contributed by atoms with E-state index in [9.17, 15) is 4.79 Å². The highest BCUT2D eigenvalue weighted by Gasteiger charge is 2.16. The topological polar surface area (TPSA) is 55.1 Å². The van der Waals surface area contributed by atoms with Crippen LogP contribution in [0, 0.1) is 5.92 Å². The van der Waals surface area contributed by atoms with Gasteiger partial charge in [-0.05, 0) is 29.3 Å². The first-order valence-corrected chi connectivity index (χ1v) is 6.52. The maximum atomic E-state index is 11.6. The molecule has 1 amide bonds. The van der Waals surface area contributed by atoms with E-state index in [1.165, 1.54) is 10.4 Å². The largest absolute Gasteiger partial charge is 0.350 e. The van der Waals surface area contributed by atoms with E-state index in [2.05, 4.69) is 23.7 Å². The van der Waals surface area contributed by atoms with Crippen molar-refractivity contribution in [3.05, 3.63) is 21.9 Å². The Bertz CT molecular complexity index is 347. The molecular weight excluding hydrogens is 220 g/mol. The van der Waals surface area contributed by atoms with Crippen molar-refractivity contribution in [1.29, 1.82) is 0 Å². The minimum atomic E-state index is -0.412. The van der Waals surface area contributed by atoms with Gasteiger partial charge < -0.3 is 11.1 Å². The van der Waals surface area contributed by atoms with Crippen LogP contribution in [0.25, 0.3) is 0 Å². The van der Waals surface area contributed by atoms with Gasteiger partial charge in [0.1, 0.15) is 0 Å². The van der Waals surface area contributed by atoms with Crippen LogP contribution in [-0.2, 0) is 17.8 Å². The van der Waals surface area contributed by atoms with Crippen molar-refractivity contribution < 1.29 is 4.79 Å². The maximum absolute atomic E-state index is 11.6. The van der Waals surface area contributed by atoms with Crippen molar-refractivity contribution >= 4 is 17.2 Å². The Labute approximate surface area is 101 Å². The molecule has 0 aromatic carbocycles. The van der Waals surface area contributed by atoms with Gasteiger partial charge in [-0.1, -0.05) is 20.8 Å². The Morgan fingerprint density at radius 2 is 2.25 bits per heavy atom. The van der Waals surface area contributed by atoms with Crippen LogP contribution < -0.4 is 11.1 Å². The van der Waals surface area contributed by atoms with Gasteiger partial charge in [0.2, 0.25) is 5.91 Å². The van der Waals surface area contributed by atoms with Crippen LogP contribution >= 0.6 is 11.3 Å². The molecule has 0 bridgehead atoms. The molecule has 0 radical (unpaired) electrons. The molecule has 4 heteroatoms. The van der Waals surface area contributed by atoms with E-state index in [-0.39, 0.29) is 11.8 Å². The van der Waals surface area contributed by atoms with Gasteiger partial charge in [0, 0.05) is 4.88 Å². The van der Waals surface area contributed by atoms with Gasteiger partial charge in [-0.3, -0.25) is 4.79 Å². The highest BCUT2D eigenvalue weighted by atomic mass is 32.1.